The fourth-order valence-electron chi connectivity index (χ4n) is 5.03. The smallest absolute Gasteiger partial charge is 0.265 e. The number of nitrogens with zero attached hydrogens (tertiary/aromatic N) is 4. The van der Waals surface area contributed by atoms with Gasteiger partial charge in [0.2, 0.25) is 5.95 Å². The van der Waals surface area contributed by atoms with Crippen LogP contribution in [0.2, 0.25) is 0 Å². The number of rotatable bonds is 8. The van der Waals surface area contributed by atoms with Crippen molar-refractivity contribution < 1.29 is 9.53 Å². The largest absolute Gasteiger partial charge is 0.379 e. The maximum absolute atomic E-state index is 12.7. The molecule has 0 unspecified atom stereocenters. The van der Waals surface area contributed by atoms with Crippen molar-refractivity contribution in [2.75, 3.05) is 70.5 Å². The van der Waals surface area contributed by atoms with E-state index < -0.39 is 11.5 Å². The SMILES string of the molecule is O=C(NCCN1CCOCC1)c1cnc(N2CCN(C(c3ccccc3)c3ccccc3)CC2)[nH]c1=O. The molecule has 0 bridgehead atoms. The minimum absolute atomic E-state index is 0.0394. The van der Waals surface area contributed by atoms with E-state index in [1.165, 1.54) is 17.3 Å². The molecule has 0 aliphatic carbocycles. The van der Waals surface area contributed by atoms with Gasteiger partial charge < -0.3 is 15.0 Å². The second kappa shape index (κ2) is 12.1. The average Bonchev–Trinajstić information content (AvgIpc) is 2.95. The molecule has 3 aromatic rings. The zero-order valence-electron chi connectivity index (χ0n) is 21.0. The molecule has 2 saturated heterocycles. The molecule has 2 aliphatic rings. The zero-order chi connectivity index (χ0) is 25.5. The molecule has 1 amide bonds. The molecule has 2 fully saturated rings. The summed E-state index contributed by atoms with van der Waals surface area (Å²) >= 11 is 0. The predicted molar refractivity (Wildman–Crippen MR) is 143 cm³/mol. The van der Waals surface area contributed by atoms with Gasteiger partial charge in [-0.3, -0.25) is 24.4 Å². The maximum Gasteiger partial charge on any atom is 0.265 e. The minimum atomic E-state index is -0.414. The van der Waals surface area contributed by atoms with E-state index in [2.05, 4.69) is 78.5 Å². The van der Waals surface area contributed by atoms with Crippen molar-refractivity contribution in [1.82, 2.24) is 25.1 Å². The average molecular weight is 503 g/mol. The number of ether oxygens (including phenoxy) is 1. The van der Waals surface area contributed by atoms with E-state index >= 15 is 0 Å². The van der Waals surface area contributed by atoms with Crippen LogP contribution in [-0.4, -0.2) is 91.2 Å². The summed E-state index contributed by atoms with van der Waals surface area (Å²) in [4.78, 5) is 39.3. The molecule has 2 aromatic carbocycles. The number of hydrogen-bond acceptors (Lipinski definition) is 7. The maximum atomic E-state index is 12.7. The van der Waals surface area contributed by atoms with Crippen LogP contribution in [0.4, 0.5) is 5.95 Å². The monoisotopic (exact) mass is 502 g/mol. The number of hydrogen-bond donors (Lipinski definition) is 2. The van der Waals surface area contributed by atoms with Crippen molar-refractivity contribution in [2.45, 2.75) is 6.04 Å². The van der Waals surface area contributed by atoms with Gasteiger partial charge in [0.05, 0.1) is 19.3 Å². The Kier molecular flexibility index (Phi) is 8.25. The Bertz CT molecular complexity index is 1170. The highest BCUT2D eigenvalue weighted by molar-refractivity contribution is 5.93. The summed E-state index contributed by atoms with van der Waals surface area (Å²) in [5, 5.41) is 2.83. The Hall–Kier alpha value is -3.53. The molecule has 37 heavy (non-hydrogen) atoms. The lowest BCUT2D eigenvalue weighted by molar-refractivity contribution is 0.0383. The summed E-state index contributed by atoms with van der Waals surface area (Å²) < 4.78 is 5.34. The molecule has 0 atom stereocenters. The number of aromatic nitrogens is 2. The molecule has 0 radical (unpaired) electrons. The fraction of sp³-hybridized carbons (Fsp3) is 0.393. The first-order valence-corrected chi connectivity index (χ1v) is 13.0. The highest BCUT2D eigenvalue weighted by atomic mass is 16.5. The lowest BCUT2D eigenvalue weighted by atomic mass is 9.96. The number of aromatic amines is 1. The first-order chi connectivity index (χ1) is 18.2. The molecule has 9 nitrogen and oxygen atoms in total. The molecule has 0 spiro atoms. The normalized spacial score (nSPS) is 17.2. The quantitative estimate of drug-likeness (QED) is 0.485. The number of amides is 1. The van der Waals surface area contributed by atoms with E-state index in [4.69, 9.17) is 4.74 Å². The molecule has 0 saturated carbocycles. The number of H-pyrrole nitrogens is 1. The van der Waals surface area contributed by atoms with Gasteiger partial charge in [0.15, 0.2) is 0 Å². The Morgan fingerprint density at radius 3 is 2.14 bits per heavy atom. The van der Waals surface area contributed by atoms with Gasteiger partial charge in [0.25, 0.3) is 11.5 Å². The third-order valence-electron chi connectivity index (χ3n) is 7.06. The van der Waals surface area contributed by atoms with Crippen LogP contribution in [0.1, 0.15) is 27.5 Å². The summed E-state index contributed by atoms with van der Waals surface area (Å²) in [7, 11) is 0. The van der Waals surface area contributed by atoms with Gasteiger partial charge in [-0.2, -0.15) is 0 Å². The van der Waals surface area contributed by atoms with Crippen LogP contribution < -0.4 is 15.8 Å². The standard InChI is InChI=1S/C28H34N6O3/c35-26(29-11-12-32-17-19-37-20-18-32)24-21-30-28(31-27(24)36)34-15-13-33(14-16-34)25(22-7-3-1-4-8-22)23-9-5-2-6-10-23/h1-10,21,25H,11-20H2,(H,29,35)(H,30,31,36). The number of nitrogens with one attached hydrogen (secondary N) is 2. The van der Waals surface area contributed by atoms with E-state index in [1.54, 1.807) is 0 Å². The minimum Gasteiger partial charge on any atom is -0.379 e. The summed E-state index contributed by atoms with van der Waals surface area (Å²) in [6.07, 6.45) is 1.39. The van der Waals surface area contributed by atoms with Crippen LogP contribution in [0.3, 0.4) is 0 Å². The van der Waals surface area contributed by atoms with Crippen molar-refractivity contribution in [3.8, 4) is 0 Å². The Labute approximate surface area is 217 Å². The number of carbonyl (C=O) groups is 1. The first-order valence-electron chi connectivity index (χ1n) is 13.0. The fourth-order valence-corrected chi connectivity index (χ4v) is 5.03. The number of piperazine rings is 1. The van der Waals surface area contributed by atoms with E-state index in [1.807, 2.05) is 12.1 Å². The van der Waals surface area contributed by atoms with Gasteiger partial charge in [-0.25, -0.2) is 4.98 Å². The Balaban J connectivity index is 1.19. The molecular weight excluding hydrogens is 468 g/mol. The van der Waals surface area contributed by atoms with Crippen molar-refractivity contribution in [3.63, 3.8) is 0 Å². The van der Waals surface area contributed by atoms with Crippen molar-refractivity contribution in [3.05, 3.63) is 93.9 Å². The second-order valence-corrected chi connectivity index (χ2v) is 9.41. The van der Waals surface area contributed by atoms with Crippen LogP contribution >= 0.6 is 0 Å². The Morgan fingerprint density at radius 2 is 1.54 bits per heavy atom. The first kappa shape index (κ1) is 25.1. The summed E-state index contributed by atoms with van der Waals surface area (Å²) in [6.45, 7) is 7.45. The predicted octanol–water partition coefficient (Wildman–Crippen LogP) is 1.74. The van der Waals surface area contributed by atoms with Crippen molar-refractivity contribution in [1.29, 1.82) is 0 Å². The van der Waals surface area contributed by atoms with Gasteiger partial charge in [-0.1, -0.05) is 60.7 Å². The third kappa shape index (κ3) is 6.25. The van der Waals surface area contributed by atoms with Gasteiger partial charge in [0, 0.05) is 58.6 Å². The van der Waals surface area contributed by atoms with Crippen LogP contribution in [0, 0.1) is 0 Å². The number of benzene rings is 2. The van der Waals surface area contributed by atoms with Gasteiger partial charge >= 0.3 is 0 Å². The van der Waals surface area contributed by atoms with E-state index in [0.29, 0.717) is 25.7 Å². The summed E-state index contributed by atoms with van der Waals surface area (Å²) in [6, 6.07) is 21.3. The molecular formula is C28H34N6O3. The van der Waals surface area contributed by atoms with E-state index in [-0.39, 0.29) is 11.6 Å². The molecule has 2 N–H and O–H groups in total. The number of morpholine rings is 1. The number of anilines is 1. The lowest BCUT2D eigenvalue weighted by Gasteiger charge is -2.40. The summed E-state index contributed by atoms with van der Waals surface area (Å²) in [5.41, 5.74) is 2.15. The van der Waals surface area contributed by atoms with Crippen molar-refractivity contribution in [2.24, 2.45) is 0 Å². The second-order valence-electron chi connectivity index (χ2n) is 9.41. The van der Waals surface area contributed by atoms with Crippen molar-refractivity contribution >= 4 is 11.9 Å². The number of carbonyl (C=O) groups excluding carboxylic acids is 1. The Morgan fingerprint density at radius 1 is 0.919 bits per heavy atom. The van der Waals surface area contributed by atoms with E-state index in [0.717, 1.165) is 45.8 Å². The topological polar surface area (TPSA) is 93.8 Å². The highest BCUT2D eigenvalue weighted by Crippen LogP contribution is 2.29. The molecule has 9 heteroatoms. The van der Waals surface area contributed by atoms with Crippen LogP contribution in [0.15, 0.2) is 71.7 Å². The highest BCUT2D eigenvalue weighted by Gasteiger charge is 2.27. The molecule has 3 heterocycles. The van der Waals surface area contributed by atoms with Crippen LogP contribution in [0.25, 0.3) is 0 Å². The van der Waals surface area contributed by atoms with Gasteiger partial charge in [-0.15, -0.1) is 0 Å². The molecule has 5 rings (SSSR count). The molecule has 1 aromatic heterocycles. The van der Waals surface area contributed by atoms with E-state index in [9.17, 15) is 9.59 Å². The molecule has 2 aliphatic heterocycles. The molecule has 194 valence electrons. The van der Waals surface area contributed by atoms with Gasteiger partial charge in [0.1, 0.15) is 5.56 Å². The summed E-state index contributed by atoms with van der Waals surface area (Å²) in [5.74, 6) is 0.109. The van der Waals surface area contributed by atoms with Gasteiger partial charge in [-0.05, 0) is 11.1 Å². The zero-order valence-corrected chi connectivity index (χ0v) is 21.0. The third-order valence-corrected chi connectivity index (χ3v) is 7.06. The lowest BCUT2D eigenvalue weighted by Crippen LogP contribution is -2.49. The van der Waals surface area contributed by atoms with Crippen LogP contribution in [0.5, 0.6) is 0 Å². The van der Waals surface area contributed by atoms with Crippen LogP contribution in [-0.2, 0) is 4.74 Å².